The van der Waals surface area contributed by atoms with Crippen LogP contribution in [-0.2, 0) is 4.79 Å². The maximum atomic E-state index is 11.5. The molecule has 0 aliphatic rings. The summed E-state index contributed by atoms with van der Waals surface area (Å²) < 4.78 is 0. The molecular weight excluding hydrogens is 256 g/mol. The molecule has 0 spiro atoms. The van der Waals surface area contributed by atoms with E-state index in [0.29, 0.717) is 13.0 Å². The van der Waals surface area contributed by atoms with E-state index in [-0.39, 0.29) is 12.6 Å². The molecule has 0 bridgehead atoms. The van der Waals surface area contributed by atoms with Crippen molar-refractivity contribution in [2.45, 2.75) is 65.7 Å². The fourth-order valence-electron chi connectivity index (χ4n) is 1.80. The fraction of sp³-hybridized carbons (Fsp3) is 0.867. The number of carboxylic acid groups (broad SMARTS) is 1. The molecule has 20 heavy (non-hydrogen) atoms. The average molecular weight is 286 g/mol. The molecule has 0 aromatic rings. The van der Waals surface area contributed by atoms with Gasteiger partial charge in [-0.05, 0) is 19.8 Å². The Balaban J connectivity index is 3.66. The minimum atomic E-state index is -0.891. The number of nitrogens with one attached hydrogen (secondary N) is 2. The van der Waals surface area contributed by atoms with Gasteiger partial charge in [-0.1, -0.05) is 46.0 Å². The second-order valence-electron chi connectivity index (χ2n) is 5.60. The minimum absolute atomic E-state index is 0.154. The monoisotopic (exact) mass is 286 g/mol. The highest BCUT2D eigenvalue weighted by molar-refractivity contribution is 5.77. The summed E-state index contributed by atoms with van der Waals surface area (Å²) in [6.07, 6.45) is 7.57. The predicted octanol–water partition coefficient (Wildman–Crippen LogP) is 3.15. The Labute approximate surface area is 122 Å². The van der Waals surface area contributed by atoms with Crippen molar-refractivity contribution >= 4 is 12.0 Å². The van der Waals surface area contributed by atoms with Crippen LogP contribution >= 0.6 is 0 Å². The van der Waals surface area contributed by atoms with Crippen molar-refractivity contribution in [3.05, 3.63) is 0 Å². The summed E-state index contributed by atoms with van der Waals surface area (Å²) in [6.45, 7) is 6.44. The van der Waals surface area contributed by atoms with Gasteiger partial charge in [0.25, 0.3) is 0 Å². The summed E-state index contributed by atoms with van der Waals surface area (Å²) >= 11 is 0. The molecule has 0 aliphatic carbocycles. The van der Waals surface area contributed by atoms with Crippen molar-refractivity contribution in [2.24, 2.45) is 5.41 Å². The highest BCUT2D eigenvalue weighted by atomic mass is 16.4. The van der Waals surface area contributed by atoms with Gasteiger partial charge in [0.2, 0.25) is 0 Å². The largest absolute Gasteiger partial charge is 0.481 e. The van der Waals surface area contributed by atoms with E-state index in [1.807, 2.05) is 6.92 Å². The molecule has 1 unspecified atom stereocenters. The molecule has 0 saturated carbocycles. The van der Waals surface area contributed by atoms with E-state index in [0.717, 1.165) is 12.8 Å². The van der Waals surface area contributed by atoms with Crippen molar-refractivity contribution in [2.75, 3.05) is 13.1 Å². The Morgan fingerprint density at radius 2 is 1.60 bits per heavy atom. The van der Waals surface area contributed by atoms with Gasteiger partial charge in [-0.25, -0.2) is 4.79 Å². The van der Waals surface area contributed by atoms with Crippen LogP contribution in [0.5, 0.6) is 0 Å². The van der Waals surface area contributed by atoms with Crippen LogP contribution in [0, 0.1) is 5.41 Å². The van der Waals surface area contributed by atoms with Crippen LogP contribution in [0.15, 0.2) is 0 Å². The number of carbonyl (C=O) groups excluding carboxylic acids is 1. The van der Waals surface area contributed by atoms with Gasteiger partial charge < -0.3 is 15.7 Å². The molecule has 0 saturated heterocycles. The third-order valence-corrected chi connectivity index (χ3v) is 3.75. The second-order valence-corrected chi connectivity index (χ2v) is 5.60. The van der Waals surface area contributed by atoms with Crippen LogP contribution in [0.25, 0.3) is 0 Å². The Morgan fingerprint density at radius 3 is 2.15 bits per heavy atom. The molecule has 3 N–H and O–H groups in total. The molecule has 2 amide bonds. The Morgan fingerprint density at radius 1 is 1.00 bits per heavy atom. The molecular formula is C15H30N2O3. The van der Waals surface area contributed by atoms with E-state index in [1.54, 1.807) is 6.92 Å². The molecule has 1 atom stereocenters. The molecule has 0 heterocycles. The van der Waals surface area contributed by atoms with Gasteiger partial charge >= 0.3 is 12.0 Å². The van der Waals surface area contributed by atoms with E-state index in [4.69, 9.17) is 5.11 Å². The molecule has 0 aromatic heterocycles. The normalized spacial score (nSPS) is 13.6. The molecule has 0 rings (SSSR count). The highest BCUT2D eigenvalue weighted by Gasteiger charge is 2.31. The zero-order valence-corrected chi connectivity index (χ0v) is 13.1. The maximum Gasteiger partial charge on any atom is 0.314 e. The second kappa shape index (κ2) is 10.5. The summed E-state index contributed by atoms with van der Waals surface area (Å²) in [6, 6.07) is -0.278. The molecule has 0 radical (unpaired) electrons. The van der Waals surface area contributed by atoms with Gasteiger partial charge in [0, 0.05) is 13.1 Å². The van der Waals surface area contributed by atoms with Gasteiger partial charge in [0.15, 0.2) is 0 Å². The van der Waals surface area contributed by atoms with E-state index in [2.05, 4.69) is 17.6 Å². The van der Waals surface area contributed by atoms with E-state index in [9.17, 15) is 9.59 Å². The van der Waals surface area contributed by atoms with Gasteiger partial charge in [-0.3, -0.25) is 4.79 Å². The van der Waals surface area contributed by atoms with Crippen molar-refractivity contribution < 1.29 is 14.7 Å². The number of amides is 2. The van der Waals surface area contributed by atoms with E-state index in [1.165, 1.54) is 25.7 Å². The number of urea groups is 1. The number of hydrogen-bond acceptors (Lipinski definition) is 2. The summed E-state index contributed by atoms with van der Waals surface area (Å²) in [5.74, 6) is -0.878. The van der Waals surface area contributed by atoms with Crippen molar-refractivity contribution in [1.82, 2.24) is 10.6 Å². The molecule has 0 aromatic carbocycles. The summed E-state index contributed by atoms with van der Waals surface area (Å²) in [5, 5.41) is 14.5. The Kier molecular flexibility index (Phi) is 9.86. The molecule has 118 valence electrons. The SMILES string of the molecule is CCCCCCCCNC(=O)NCC(C)(CC)C(=O)O. The first kappa shape index (κ1) is 18.7. The number of aliphatic carboxylic acids is 1. The fourth-order valence-corrected chi connectivity index (χ4v) is 1.80. The van der Waals surface area contributed by atoms with Crippen LogP contribution in [0.2, 0.25) is 0 Å². The lowest BCUT2D eigenvalue weighted by atomic mass is 9.88. The van der Waals surface area contributed by atoms with Crippen molar-refractivity contribution in [3.8, 4) is 0 Å². The molecule has 5 nitrogen and oxygen atoms in total. The average Bonchev–Trinajstić information content (AvgIpc) is 2.43. The number of rotatable bonds is 11. The van der Waals surface area contributed by atoms with Crippen molar-refractivity contribution in [1.29, 1.82) is 0 Å². The van der Waals surface area contributed by atoms with Crippen molar-refractivity contribution in [3.63, 3.8) is 0 Å². The minimum Gasteiger partial charge on any atom is -0.481 e. The predicted molar refractivity (Wildman–Crippen MR) is 80.8 cm³/mol. The lowest BCUT2D eigenvalue weighted by Gasteiger charge is -2.23. The quantitative estimate of drug-likeness (QED) is 0.510. The summed E-state index contributed by atoms with van der Waals surface area (Å²) in [5.41, 5.74) is -0.891. The first-order chi connectivity index (χ1) is 9.46. The lowest BCUT2D eigenvalue weighted by Crippen LogP contribution is -2.44. The van der Waals surface area contributed by atoms with Gasteiger partial charge in [-0.15, -0.1) is 0 Å². The van der Waals surface area contributed by atoms with E-state index < -0.39 is 11.4 Å². The van der Waals surface area contributed by atoms with Gasteiger partial charge in [0.05, 0.1) is 5.41 Å². The molecule has 0 aliphatic heterocycles. The van der Waals surface area contributed by atoms with Gasteiger partial charge in [-0.2, -0.15) is 0 Å². The first-order valence-corrected chi connectivity index (χ1v) is 7.71. The van der Waals surface area contributed by atoms with Crippen LogP contribution in [0.3, 0.4) is 0 Å². The lowest BCUT2D eigenvalue weighted by molar-refractivity contribution is -0.147. The van der Waals surface area contributed by atoms with Crippen LogP contribution in [-0.4, -0.2) is 30.2 Å². The number of unbranched alkanes of at least 4 members (excludes halogenated alkanes) is 5. The zero-order valence-electron chi connectivity index (χ0n) is 13.1. The van der Waals surface area contributed by atoms with Crippen LogP contribution < -0.4 is 10.6 Å². The van der Waals surface area contributed by atoms with Crippen LogP contribution in [0.4, 0.5) is 4.79 Å². The molecule has 0 fully saturated rings. The first-order valence-electron chi connectivity index (χ1n) is 7.71. The zero-order chi connectivity index (χ0) is 15.4. The Bertz CT molecular complexity index is 295. The number of carbonyl (C=O) groups is 2. The number of carboxylic acids is 1. The summed E-state index contributed by atoms with van der Waals surface area (Å²) in [7, 11) is 0. The molecule has 5 heteroatoms. The summed E-state index contributed by atoms with van der Waals surface area (Å²) in [4.78, 5) is 22.6. The topological polar surface area (TPSA) is 78.4 Å². The smallest absolute Gasteiger partial charge is 0.314 e. The Hall–Kier alpha value is -1.26. The third-order valence-electron chi connectivity index (χ3n) is 3.75. The third kappa shape index (κ3) is 8.02. The standard InChI is InChI=1S/C15H30N2O3/c1-4-6-7-8-9-10-11-16-14(20)17-12-15(3,5-2)13(18)19/h4-12H2,1-3H3,(H,18,19)(H2,16,17,20). The highest BCUT2D eigenvalue weighted by Crippen LogP contribution is 2.19. The van der Waals surface area contributed by atoms with Crippen LogP contribution in [0.1, 0.15) is 65.7 Å². The maximum absolute atomic E-state index is 11.5. The van der Waals surface area contributed by atoms with E-state index >= 15 is 0 Å². The number of hydrogen-bond donors (Lipinski definition) is 3. The van der Waals surface area contributed by atoms with Gasteiger partial charge in [0.1, 0.15) is 0 Å².